The van der Waals surface area contributed by atoms with Crippen LogP contribution in [0.1, 0.15) is 20.3 Å². The zero-order chi connectivity index (χ0) is 25.3. The first kappa shape index (κ1) is 32.9. The fraction of sp³-hybridized carbons (Fsp3) is 0.895. The lowest BCUT2D eigenvalue weighted by Gasteiger charge is -2.20. The Balaban J connectivity index is 4.58. The molecule has 0 fully saturated rings. The number of carbonyl (C=O) groups excluding carboxylic acids is 2. The van der Waals surface area contributed by atoms with Gasteiger partial charge in [-0.3, -0.25) is 18.7 Å². The number of carbonyl (C=O) groups is 2. The second-order valence-corrected chi connectivity index (χ2v) is 13.7. The fourth-order valence-electron chi connectivity index (χ4n) is 2.61. The molecule has 0 aliphatic heterocycles. The standard InChI is InChI=1S/C19H38O10P2S2/c1-7-28-18(20)16(12-30(22,24-3)25-4)14-32-10-9-11-33-15-17(19(21)29-8-2)13-31(23,26-5)27-6/h16-17H,7-15H2,1-6H3. The van der Waals surface area contributed by atoms with Gasteiger partial charge >= 0.3 is 27.1 Å². The van der Waals surface area contributed by atoms with Gasteiger partial charge in [0.1, 0.15) is 0 Å². The molecule has 0 rings (SSSR count). The Hall–Kier alpha value is -0.0600. The van der Waals surface area contributed by atoms with Crippen molar-refractivity contribution in [3.63, 3.8) is 0 Å². The smallest absolute Gasteiger partial charge is 0.331 e. The van der Waals surface area contributed by atoms with E-state index in [9.17, 15) is 18.7 Å². The van der Waals surface area contributed by atoms with E-state index in [0.717, 1.165) is 17.9 Å². The molecule has 0 aromatic carbocycles. The zero-order valence-electron chi connectivity index (χ0n) is 20.3. The summed E-state index contributed by atoms with van der Waals surface area (Å²) in [5.41, 5.74) is 0. The van der Waals surface area contributed by atoms with Crippen molar-refractivity contribution in [3.8, 4) is 0 Å². The average molecular weight is 553 g/mol. The van der Waals surface area contributed by atoms with Crippen LogP contribution in [0, 0.1) is 11.8 Å². The van der Waals surface area contributed by atoms with Crippen LogP contribution in [0.25, 0.3) is 0 Å². The van der Waals surface area contributed by atoms with Gasteiger partial charge in [-0.25, -0.2) is 0 Å². The zero-order valence-corrected chi connectivity index (χ0v) is 23.7. The van der Waals surface area contributed by atoms with Gasteiger partial charge in [0.15, 0.2) is 0 Å². The van der Waals surface area contributed by atoms with Crippen LogP contribution in [0.5, 0.6) is 0 Å². The van der Waals surface area contributed by atoms with E-state index < -0.39 is 39.0 Å². The summed E-state index contributed by atoms with van der Waals surface area (Å²) in [6.45, 7) is 3.91. The molecule has 0 aliphatic carbocycles. The van der Waals surface area contributed by atoms with E-state index in [2.05, 4.69) is 0 Å². The fourth-order valence-corrected chi connectivity index (χ4v) is 7.78. The first-order valence-corrected chi connectivity index (χ1v) is 16.3. The van der Waals surface area contributed by atoms with E-state index in [0.29, 0.717) is 11.5 Å². The summed E-state index contributed by atoms with van der Waals surface area (Å²) < 4.78 is 54.8. The van der Waals surface area contributed by atoms with E-state index in [-0.39, 0.29) is 25.5 Å². The molecule has 2 unspecified atom stereocenters. The third-order valence-corrected chi connectivity index (χ3v) is 10.9. The van der Waals surface area contributed by atoms with Gasteiger partial charge in [-0.1, -0.05) is 0 Å². The van der Waals surface area contributed by atoms with Gasteiger partial charge in [0.25, 0.3) is 0 Å². The van der Waals surface area contributed by atoms with E-state index in [1.165, 1.54) is 28.4 Å². The van der Waals surface area contributed by atoms with Gasteiger partial charge < -0.3 is 27.6 Å². The predicted octanol–water partition coefficient (Wildman–Crippen LogP) is 4.17. The van der Waals surface area contributed by atoms with Gasteiger partial charge in [0.05, 0.1) is 37.4 Å². The van der Waals surface area contributed by atoms with Crippen molar-refractivity contribution in [2.45, 2.75) is 20.3 Å². The molecule has 0 saturated heterocycles. The van der Waals surface area contributed by atoms with Gasteiger partial charge in [-0.2, -0.15) is 23.5 Å². The molecule has 10 nitrogen and oxygen atoms in total. The first-order valence-electron chi connectivity index (χ1n) is 10.5. The summed E-state index contributed by atoms with van der Waals surface area (Å²) >= 11 is 3.09. The van der Waals surface area contributed by atoms with Gasteiger partial charge in [0.2, 0.25) is 0 Å². The van der Waals surface area contributed by atoms with Gasteiger partial charge in [-0.15, -0.1) is 0 Å². The number of thioether (sulfide) groups is 2. The van der Waals surface area contributed by atoms with Gasteiger partial charge in [-0.05, 0) is 31.8 Å². The maximum Gasteiger partial charge on any atom is 0.331 e. The van der Waals surface area contributed by atoms with Crippen LogP contribution in [-0.4, -0.2) is 88.9 Å². The highest BCUT2D eigenvalue weighted by Gasteiger charge is 2.33. The summed E-state index contributed by atoms with van der Waals surface area (Å²) in [5.74, 6) is 0.320. The summed E-state index contributed by atoms with van der Waals surface area (Å²) in [6.07, 6.45) is 0.737. The minimum Gasteiger partial charge on any atom is -0.466 e. The second kappa shape index (κ2) is 18.2. The maximum absolute atomic E-state index is 12.4. The van der Waals surface area contributed by atoms with Crippen molar-refractivity contribution in [2.75, 3.05) is 77.0 Å². The Morgan fingerprint density at radius 2 is 1.03 bits per heavy atom. The number of esters is 2. The van der Waals surface area contributed by atoms with Gasteiger partial charge in [0, 0.05) is 39.9 Å². The highest BCUT2D eigenvalue weighted by molar-refractivity contribution is 8.00. The molecule has 0 amide bonds. The molecule has 14 heteroatoms. The Bertz CT molecular complexity index is 594. The van der Waals surface area contributed by atoms with Crippen LogP contribution in [0.3, 0.4) is 0 Å². The molecule has 0 bridgehead atoms. The predicted molar refractivity (Wildman–Crippen MR) is 132 cm³/mol. The highest BCUT2D eigenvalue weighted by atomic mass is 32.2. The molecule has 0 saturated carbocycles. The summed E-state index contributed by atoms with van der Waals surface area (Å²) in [6, 6.07) is 0. The van der Waals surface area contributed by atoms with Crippen molar-refractivity contribution in [1.29, 1.82) is 0 Å². The Labute approximate surface area is 205 Å². The quantitative estimate of drug-likeness (QED) is 0.122. The largest absolute Gasteiger partial charge is 0.466 e. The third kappa shape index (κ3) is 13.6. The number of ether oxygens (including phenoxy) is 2. The number of hydrogen-bond donors (Lipinski definition) is 0. The van der Waals surface area contributed by atoms with Crippen molar-refractivity contribution in [3.05, 3.63) is 0 Å². The summed E-state index contributed by atoms with van der Waals surface area (Å²) in [7, 11) is -1.51. The van der Waals surface area contributed by atoms with E-state index >= 15 is 0 Å². The number of hydrogen-bond acceptors (Lipinski definition) is 12. The Morgan fingerprint density at radius 3 is 1.30 bits per heavy atom. The van der Waals surface area contributed by atoms with Crippen LogP contribution < -0.4 is 0 Å². The van der Waals surface area contributed by atoms with Crippen molar-refractivity contribution in [2.24, 2.45) is 11.8 Å². The molecule has 0 aliphatic rings. The lowest BCUT2D eigenvalue weighted by molar-refractivity contribution is -0.147. The molecular formula is C19H38O10P2S2. The maximum atomic E-state index is 12.4. The molecule has 0 radical (unpaired) electrons. The molecule has 196 valence electrons. The van der Waals surface area contributed by atoms with Crippen LogP contribution >= 0.6 is 38.7 Å². The van der Waals surface area contributed by atoms with Crippen molar-refractivity contribution < 1.29 is 46.3 Å². The lowest BCUT2D eigenvalue weighted by Crippen LogP contribution is -2.25. The van der Waals surface area contributed by atoms with E-state index in [1.54, 1.807) is 37.4 Å². The normalized spacial score (nSPS) is 14.0. The molecular weight excluding hydrogens is 514 g/mol. The minimum atomic E-state index is -3.34. The molecule has 0 aromatic heterocycles. The van der Waals surface area contributed by atoms with Crippen LogP contribution in [0.15, 0.2) is 0 Å². The van der Waals surface area contributed by atoms with Crippen molar-refractivity contribution in [1.82, 2.24) is 0 Å². The van der Waals surface area contributed by atoms with Crippen molar-refractivity contribution >= 4 is 50.7 Å². The minimum absolute atomic E-state index is 0.0408. The van der Waals surface area contributed by atoms with Crippen LogP contribution in [0.2, 0.25) is 0 Å². The molecule has 2 atom stereocenters. The lowest BCUT2D eigenvalue weighted by atomic mass is 10.2. The molecule has 0 aromatic rings. The van der Waals surface area contributed by atoms with E-state index in [1.807, 2.05) is 0 Å². The SMILES string of the molecule is CCOC(=O)C(CSCCCSCC(CP(=O)(OC)OC)C(=O)OCC)CP(=O)(OC)OC. The summed E-state index contributed by atoms with van der Waals surface area (Å²) in [4.78, 5) is 24.4. The molecule has 0 N–H and O–H groups in total. The van der Waals surface area contributed by atoms with Crippen LogP contribution in [0.4, 0.5) is 0 Å². The molecule has 33 heavy (non-hydrogen) atoms. The third-order valence-electron chi connectivity index (χ3n) is 4.46. The Morgan fingerprint density at radius 1 is 0.697 bits per heavy atom. The monoisotopic (exact) mass is 552 g/mol. The molecule has 0 heterocycles. The van der Waals surface area contributed by atoms with E-state index in [4.69, 9.17) is 27.6 Å². The number of rotatable bonds is 20. The molecule has 0 spiro atoms. The summed E-state index contributed by atoms with van der Waals surface area (Å²) in [5, 5.41) is 0. The topological polar surface area (TPSA) is 124 Å². The Kier molecular flexibility index (Phi) is 18.2. The average Bonchev–Trinajstić information content (AvgIpc) is 2.81. The second-order valence-electron chi connectivity index (χ2n) is 6.72. The first-order chi connectivity index (χ1) is 15.6. The van der Waals surface area contributed by atoms with Crippen LogP contribution in [-0.2, 0) is 46.3 Å². The highest BCUT2D eigenvalue weighted by Crippen LogP contribution is 2.49.